The van der Waals surface area contributed by atoms with Crippen molar-refractivity contribution < 1.29 is 0 Å². The molecule has 0 radical (unpaired) electrons. The molecule has 1 heterocycles. The Balaban J connectivity index is 1.92. The number of halogens is 1. The zero-order valence-electron chi connectivity index (χ0n) is 10.8. The minimum Gasteiger partial charge on any atom is -0.308 e. The van der Waals surface area contributed by atoms with E-state index in [-0.39, 0.29) is 0 Å². The second-order valence-corrected chi connectivity index (χ2v) is 6.28. The van der Waals surface area contributed by atoms with Crippen LogP contribution in [0.15, 0.2) is 34.1 Å². The summed E-state index contributed by atoms with van der Waals surface area (Å²) in [6.07, 6.45) is 1.12. The van der Waals surface area contributed by atoms with Crippen LogP contribution in [0.3, 0.4) is 0 Å². The standard InChI is InChI=1S/C15H18BrNS/c1-3-12-6-7-18-15(12)10-17-9-13-5-4-11(2)8-14(13)16/h4-8,17H,3,9-10H2,1-2H3. The van der Waals surface area contributed by atoms with Crippen molar-refractivity contribution >= 4 is 27.3 Å². The van der Waals surface area contributed by atoms with Crippen LogP contribution in [0.4, 0.5) is 0 Å². The van der Waals surface area contributed by atoms with Crippen LogP contribution in [0.1, 0.15) is 28.5 Å². The van der Waals surface area contributed by atoms with Gasteiger partial charge in [-0.2, -0.15) is 0 Å². The van der Waals surface area contributed by atoms with Gasteiger partial charge in [-0.25, -0.2) is 0 Å². The van der Waals surface area contributed by atoms with Gasteiger partial charge in [0.15, 0.2) is 0 Å². The third kappa shape index (κ3) is 3.44. The minimum atomic E-state index is 0.905. The highest BCUT2D eigenvalue weighted by atomic mass is 79.9. The van der Waals surface area contributed by atoms with E-state index < -0.39 is 0 Å². The Morgan fingerprint density at radius 2 is 2.00 bits per heavy atom. The van der Waals surface area contributed by atoms with E-state index in [2.05, 4.69) is 64.7 Å². The molecular weight excluding hydrogens is 306 g/mol. The Morgan fingerprint density at radius 3 is 2.72 bits per heavy atom. The topological polar surface area (TPSA) is 12.0 Å². The molecule has 0 atom stereocenters. The first-order valence-electron chi connectivity index (χ1n) is 6.21. The van der Waals surface area contributed by atoms with Gasteiger partial charge in [-0.1, -0.05) is 35.0 Å². The van der Waals surface area contributed by atoms with Crippen LogP contribution in [0.5, 0.6) is 0 Å². The SMILES string of the molecule is CCc1ccsc1CNCc1ccc(C)cc1Br. The van der Waals surface area contributed by atoms with Crippen molar-refractivity contribution in [3.63, 3.8) is 0 Å². The molecule has 2 rings (SSSR count). The molecule has 0 saturated carbocycles. The first kappa shape index (κ1) is 13.8. The van der Waals surface area contributed by atoms with Gasteiger partial charge in [-0.3, -0.25) is 0 Å². The molecule has 3 heteroatoms. The second kappa shape index (κ2) is 6.50. The Hall–Kier alpha value is -0.640. The molecule has 2 aromatic rings. The van der Waals surface area contributed by atoms with Crippen molar-refractivity contribution in [2.45, 2.75) is 33.4 Å². The molecule has 0 saturated heterocycles. The summed E-state index contributed by atoms with van der Waals surface area (Å²) in [6, 6.07) is 8.73. The van der Waals surface area contributed by atoms with Gasteiger partial charge in [0, 0.05) is 22.4 Å². The van der Waals surface area contributed by atoms with Crippen LogP contribution in [-0.2, 0) is 19.5 Å². The molecule has 0 aliphatic rings. The van der Waals surface area contributed by atoms with Crippen LogP contribution in [0.25, 0.3) is 0 Å². The molecule has 0 fully saturated rings. The third-order valence-electron chi connectivity index (χ3n) is 3.03. The predicted octanol–water partition coefficient (Wildman–Crippen LogP) is 4.67. The molecule has 0 bridgehead atoms. The van der Waals surface area contributed by atoms with Crippen LogP contribution in [-0.4, -0.2) is 0 Å². The number of hydrogen-bond acceptors (Lipinski definition) is 2. The lowest BCUT2D eigenvalue weighted by molar-refractivity contribution is 0.695. The number of hydrogen-bond donors (Lipinski definition) is 1. The average Bonchev–Trinajstić information content (AvgIpc) is 2.79. The van der Waals surface area contributed by atoms with Crippen molar-refractivity contribution in [2.75, 3.05) is 0 Å². The number of nitrogens with one attached hydrogen (secondary N) is 1. The summed E-state index contributed by atoms with van der Waals surface area (Å²) in [4.78, 5) is 1.46. The van der Waals surface area contributed by atoms with Gasteiger partial charge in [0.2, 0.25) is 0 Å². The van der Waals surface area contributed by atoms with E-state index in [1.165, 1.54) is 26.0 Å². The Labute approximate surface area is 121 Å². The quantitative estimate of drug-likeness (QED) is 0.843. The maximum atomic E-state index is 3.62. The zero-order chi connectivity index (χ0) is 13.0. The summed E-state index contributed by atoms with van der Waals surface area (Å²) in [5, 5.41) is 5.70. The van der Waals surface area contributed by atoms with Crippen molar-refractivity contribution in [2.24, 2.45) is 0 Å². The predicted molar refractivity (Wildman–Crippen MR) is 83.1 cm³/mol. The molecule has 0 unspecified atom stereocenters. The van der Waals surface area contributed by atoms with Gasteiger partial charge in [0.05, 0.1) is 0 Å². The van der Waals surface area contributed by atoms with Gasteiger partial charge in [-0.15, -0.1) is 11.3 Å². The average molecular weight is 324 g/mol. The molecule has 1 nitrogen and oxygen atoms in total. The van der Waals surface area contributed by atoms with Gasteiger partial charge < -0.3 is 5.32 Å². The Morgan fingerprint density at radius 1 is 1.17 bits per heavy atom. The summed E-state index contributed by atoms with van der Waals surface area (Å²) in [5.41, 5.74) is 4.07. The molecule has 1 aromatic heterocycles. The highest BCUT2D eigenvalue weighted by molar-refractivity contribution is 9.10. The Kier molecular flexibility index (Phi) is 4.98. The molecule has 0 spiro atoms. The van der Waals surface area contributed by atoms with E-state index in [1.807, 2.05) is 11.3 Å². The van der Waals surface area contributed by atoms with Crippen molar-refractivity contribution in [1.82, 2.24) is 5.32 Å². The first-order chi connectivity index (χ1) is 8.70. The van der Waals surface area contributed by atoms with Crippen molar-refractivity contribution in [3.05, 3.63) is 55.7 Å². The molecule has 96 valence electrons. The number of thiophene rings is 1. The lowest BCUT2D eigenvalue weighted by Gasteiger charge is -2.08. The zero-order valence-corrected chi connectivity index (χ0v) is 13.2. The number of aryl methyl sites for hydroxylation is 2. The van der Waals surface area contributed by atoms with E-state index >= 15 is 0 Å². The van der Waals surface area contributed by atoms with E-state index in [0.717, 1.165) is 19.5 Å². The molecule has 0 aliphatic carbocycles. The molecule has 1 aromatic carbocycles. The summed E-state index contributed by atoms with van der Waals surface area (Å²) >= 11 is 5.46. The van der Waals surface area contributed by atoms with Crippen LogP contribution in [0, 0.1) is 6.92 Å². The highest BCUT2D eigenvalue weighted by Gasteiger charge is 2.03. The van der Waals surface area contributed by atoms with E-state index in [0.29, 0.717) is 0 Å². The summed E-state index contributed by atoms with van der Waals surface area (Å²) < 4.78 is 1.19. The lowest BCUT2D eigenvalue weighted by atomic mass is 10.1. The highest BCUT2D eigenvalue weighted by Crippen LogP contribution is 2.20. The molecule has 0 aliphatic heterocycles. The van der Waals surface area contributed by atoms with E-state index in [4.69, 9.17) is 0 Å². The Bertz CT molecular complexity index is 519. The fraction of sp³-hybridized carbons (Fsp3) is 0.333. The molecule has 1 N–H and O–H groups in total. The molecule has 18 heavy (non-hydrogen) atoms. The van der Waals surface area contributed by atoms with Crippen LogP contribution < -0.4 is 5.32 Å². The van der Waals surface area contributed by atoms with Gasteiger partial charge in [0.25, 0.3) is 0 Å². The molecule has 0 amide bonds. The lowest BCUT2D eigenvalue weighted by Crippen LogP contribution is -2.13. The van der Waals surface area contributed by atoms with Gasteiger partial charge in [-0.05, 0) is 47.5 Å². The van der Waals surface area contributed by atoms with Crippen LogP contribution >= 0.6 is 27.3 Å². The fourth-order valence-electron chi connectivity index (χ4n) is 1.94. The van der Waals surface area contributed by atoms with Crippen molar-refractivity contribution in [1.29, 1.82) is 0 Å². The minimum absolute atomic E-state index is 0.905. The molecular formula is C15H18BrNS. The first-order valence-corrected chi connectivity index (χ1v) is 7.89. The van der Waals surface area contributed by atoms with Crippen LogP contribution in [0.2, 0.25) is 0 Å². The maximum Gasteiger partial charge on any atom is 0.0305 e. The van der Waals surface area contributed by atoms with E-state index in [9.17, 15) is 0 Å². The number of benzene rings is 1. The second-order valence-electron chi connectivity index (χ2n) is 4.42. The van der Waals surface area contributed by atoms with Gasteiger partial charge >= 0.3 is 0 Å². The summed E-state index contributed by atoms with van der Waals surface area (Å²) in [5.74, 6) is 0. The largest absolute Gasteiger partial charge is 0.308 e. The fourth-order valence-corrected chi connectivity index (χ4v) is 3.52. The smallest absolute Gasteiger partial charge is 0.0305 e. The summed E-state index contributed by atoms with van der Waals surface area (Å²) in [6.45, 7) is 6.19. The number of rotatable bonds is 5. The maximum absolute atomic E-state index is 3.62. The van der Waals surface area contributed by atoms with Gasteiger partial charge in [0.1, 0.15) is 0 Å². The summed E-state index contributed by atoms with van der Waals surface area (Å²) in [7, 11) is 0. The normalized spacial score (nSPS) is 10.8. The van der Waals surface area contributed by atoms with E-state index in [1.54, 1.807) is 0 Å². The van der Waals surface area contributed by atoms with Crippen molar-refractivity contribution in [3.8, 4) is 0 Å². The third-order valence-corrected chi connectivity index (χ3v) is 4.73. The monoisotopic (exact) mass is 323 g/mol.